The van der Waals surface area contributed by atoms with E-state index in [0.29, 0.717) is 19.1 Å². The van der Waals surface area contributed by atoms with Crippen molar-refractivity contribution in [1.82, 2.24) is 15.1 Å². The quantitative estimate of drug-likeness (QED) is 0.765. The Morgan fingerprint density at radius 3 is 2.68 bits per heavy atom. The average Bonchev–Trinajstić information content (AvgIpc) is 2.90. The molecule has 1 heterocycles. The van der Waals surface area contributed by atoms with Crippen LogP contribution in [0.5, 0.6) is 0 Å². The van der Waals surface area contributed by atoms with Gasteiger partial charge in [-0.05, 0) is 39.5 Å². The number of carbonyl (C=O) groups excluding carboxylic acids is 1. The smallest absolute Gasteiger partial charge is 0.235 e. The summed E-state index contributed by atoms with van der Waals surface area (Å²) in [6.45, 7) is 7.47. The van der Waals surface area contributed by atoms with Crippen molar-refractivity contribution in [3.8, 4) is 6.07 Å². The summed E-state index contributed by atoms with van der Waals surface area (Å²) in [5, 5.41) is 21.8. The fraction of sp³-hybridized carbons (Fsp3) is 0.875. The Morgan fingerprint density at radius 1 is 1.45 bits per heavy atom. The highest BCUT2D eigenvalue weighted by atomic mass is 16.3. The van der Waals surface area contributed by atoms with Crippen molar-refractivity contribution < 1.29 is 9.90 Å². The van der Waals surface area contributed by atoms with Crippen LogP contribution in [0.25, 0.3) is 0 Å². The lowest BCUT2D eigenvalue weighted by Gasteiger charge is -2.40. The summed E-state index contributed by atoms with van der Waals surface area (Å²) in [5.74, 6) is -0.0420. The fourth-order valence-corrected chi connectivity index (χ4v) is 3.58. The van der Waals surface area contributed by atoms with Crippen molar-refractivity contribution in [2.24, 2.45) is 0 Å². The van der Waals surface area contributed by atoms with Crippen LogP contribution >= 0.6 is 0 Å². The average molecular weight is 308 g/mol. The van der Waals surface area contributed by atoms with Crippen LogP contribution in [-0.4, -0.2) is 71.2 Å². The number of β-amino-alcohol motifs (C(OH)–C–C–N with tert-alkyl or cyclic N) is 1. The van der Waals surface area contributed by atoms with E-state index in [-0.39, 0.29) is 12.0 Å². The van der Waals surface area contributed by atoms with E-state index in [2.05, 4.69) is 28.1 Å². The predicted octanol–water partition coefficient (Wildman–Crippen LogP) is 0.326. The standard InChI is InChI=1S/C16H28N4O2/c1-13-9-19(7-8-20(13)10-14(2)21)11-15(22)18-16(12-17)5-3-4-6-16/h13-14,21H,3-11H2,1-2H3,(H,18,22)/t13-,14+/m0/s1. The lowest BCUT2D eigenvalue weighted by molar-refractivity contribution is -0.124. The molecule has 2 fully saturated rings. The highest BCUT2D eigenvalue weighted by Crippen LogP contribution is 2.28. The number of nitrogens with one attached hydrogen (secondary N) is 1. The lowest BCUT2D eigenvalue weighted by Crippen LogP contribution is -2.56. The molecule has 1 aliphatic carbocycles. The van der Waals surface area contributed by atoms with Crippen molar-refractivity contribution >= 4 is 5.91 Å². The Bertz CT molecular complexity index is 426. The maximum atomic E-state index is 12.2. The summed E-state index contributed by atoms with van der Waals surface area (Å²) in [6, 6.07) is 2.62. The molecule has 2 atom stereocenters. The van der Waals surface area contributed by atoms with Crippen LogP contribution in [0.15, 0.2) is 0 Å². The molecule has 1 aliphatic heterocycles. The molecule has 2 aliphatic rings. The number of nitrogens with zero attached hydrogens (tertiary/aromatic N) is 3. The maximum absolute atomic E-state index is 12.2. The van der Waals surface area contributed by atoms with Gasteiger partial charge in [0.1, 0.15) is 5.54 Å². The van der Waals surface area contributed by atoms with Crippen LogP contribution in [-0.2, 0) is 4.79 Å². The minimum atomic E-state index is -0.628. The normalized spacial score (nSPS) is 27.3. The van der Waals surface area contributed by atoms with E-state index in [1.165, 1.54) is 0 Å². The van der Waals surface area contributed by atoms with Gasteiger partial charge >= 0.3 is 0 Å². The number of amides is 1. The molecule has 1 saturated heterocycles. The summed E-state index contributed by atoms with van der Waals surface area (Å²) < 4.78 is 0. The first-order valence-corrected chi connectivity index (χ1v) is 8.31. The van der Waals surface area contributed by atoms with Gasteiger partial charge in [-0.15, -0.1) is 0 Å². The van der Waals surface area contributed by atoms with Gasteiger partial charge in [-0.3, -0.25) is 14.6 Å². The van der Waals surface area contributed by atoms with Gasteiger partial charge in [0, 0.05) is 32.2 Å². The summed E-state index contributed by atoms with van der Waals surface area (Å²) in [4.78, 5) is 16.6. The summed E-state index contributed by atoms with van der Waals surface area (Å²) in [6.07, 6.45) is 3.25. The molecule has 0 spiro atoms. The SMILES string of the molecule is C[C@@H](O)CN1CCN(CC(=O)NC2(C#N)CCCC2)C[C@@H]1C. The van der Waals surface area contributed by atoms with Gasteiger partial charge in [0.2, 0.25) is 5.91 Å². The Labute approximate surface area is 133 Å². The Morgan fingerprint density at radius 2 is 2.14 bits per heavy atom. The topological polar surface area (TPSA) is 79.6 Å². The van der Waals surface area contributed by atoms with Crippen molar-refractivity contribution in [3.05, 3.63) is 0 Å². The third-order valence-electron chi connectivity index (χ3n) is 4.76. The second-order valence-corrected chi connectivity index (χ2v) is 6.88. The largest absolute Gasteiger partial charge is 0.392 e. The van der Waals surface area contributed by atoms with Gasteiger partial charge in [0.05, 0.1) is 18.7 Å². The van der Waals surface area contributed by atoms with E-state index in [1.807, 2.05) is 0 Å². The molecule has 22 heavy (non-hydrogen) atoms. The Hall–Kier alpha value is -1.16. The van der Waals surface area contributed by atoms with E-state index in [1.54, 1.807) is 6.92 Å². The zero-order valence-corrected chi connectivity index (χ0v) is 13.7. The second kappa shape index (κ2) is 7.40. The van der Waals surface area contributed by atoms with Gasteiger partial charge in [0.15, 0.2) is 0 Å². The molecular weight excluding hydrogens is 280 g/mol. The molecule has 2 rings (SSSR count). The third-order valence-corrected chi connectivity index (χ3v) is 4.76. The van der Waals surface area contributed by atoms with Crippen LogP contribution < -0.4 is 5.32 Å². The maximum Gasteiger partial charge on any atom is 0.235 e. The number of nitriles is 1. The summed E-state index contributed by atoms with van der Waals surface area (Å²) in [5.41, 5.74) is -0.628. The molecular formula is C16H28N4O2. The fourth-order valence-electron chi connectivity index (χ4n) is 3.58. The molecule has 0 bridgehead atoms. The molecule has 1 saturated carbocycles. The van der Waals surface area contributed by atoms with Crippen LogP contribution in [0.2, 0.25) is 0 Å². The van der Waals surface area contributed by atoms with Crippen LogP contribution in [0.4, 0.5) is 0 Å². The molecule has 0 aromatic heterocycles. The van der Waals surface area contributed by atoms with Gasteiger partial charge < -0.3 is 10.4 Å². The molecule has 0 aromatic carbocycles. The van der Waals surface area contributed by atoms with E-state index in [0.717, 1.165) is 45.3 Å². The molecule has 0 radical (unpaired) electrons. The minimum Gasteiger partial charge on any atom is -0.392 e. The van der Waals surface area contributed by atoms with Gasteiger partial charge in [-0.2, -0.15) is 5.26 Å². The number of hydrogen-bond donors (Lipinski definition) is 2. The van der Waals surface area contributed by atoms with Crippen molar-refractivity contribution in [3.63, 3.8) is 0 Å². The highest BCUT2D eigenvalue weighted by Gasteiger charge is 2.36. The molecule has 0 unspecified atom stereocenters. The molecule has 1 amide bonds. The second-order valence-electron chi connectivity index (χ2n) is 6.88. The zero-order valence-electron chi connectivity index (χ0n) is 13.7. The third kappa shape index (κ3) is 4.42. The van der Waals surface area contributed by atoms with Crippen LogP contribution in [0, 0.1) is 11.3 Å². The lowest BCUT2D eigenvalue weighted by atomic mass is 10.00. The summed E-state index contributed by atoms with van der Waals surface area (Å²) in [7, 11) is 0. The van der Waals surface area contributed by atoms with Crippen molar-refractivity contribution in [2.75, 3.05) is 32.7 Å². The molecule has 6 nitrogen and oxygen atoms in total. The first kappa shape index (κ1) is 17.2. The molecule has 6 heteroatoms. The van der Waals surface area contributed by atoms with Gasteiger partial charge in [-0.1, -0.05) is 0 Å². The monoisotopic (exact) mass is 308 g/mol. The summed E-state index contributed by atoms with van der Waals surface area (Å²) >= 11 is 0. The highest BCUT2D eigenvalue weighted by molar-refractivity contribution is 5.79. The Balaban J connectivity index is 1.80. The van der Waals surface area contributed by atoms with E-state index in [9.17, 15) is 15.2 Å². The van der Waals surface area contributed by atoms with Gasteiger partial charge in [0.25, 0.3) is 0 Å². The molecule has 124 valence electrons. The Kier molecular flexibility index (Phi) is 5.79. The molecule has 2 N–H and O–H groups in total. The van der Waals surface area contributed by atoms with E-state index < -0.39 is 5.54 Å². The van der Waals surface area contributed by atoms with Gasteiger partial charge in [-0.25, -0.2) is 0 Å². The van der Waals surface area contributed by atoms with E-state index >= 15 is 0 Å². The minimum absolute atomic E-state index is 0.0420. The molecule has 0 aromatic rings. The van der Waals surface area contributed by atoms with E-state index in [4.69, 9.17) is 0 Å². The number of piperazine rings is 1. The first-order chi connectivity index (χ1) is 10.4. The van der Waals surface area contributed by atoms with Crippen molar-refractivity contribution in [1.29, 1.82) is 5.26 Å². The first-order valence-electron chi connectivity index (χ1n) is 8.31. The number of carbonyl (C=O) groups is 1. The van der Waals surface area contributed by atoms with Crippen molar-refractivity contribution in [2.45, 2.75) is 57.2 Å². The van der Waals surface area contributed by atoms with Crippen LogP contribution in [0.1, 0.15) is 39.5 Å². The number of hydrogen-bond acceptors (Lipinski definition) is 5. The zero-order chi connectivity index (χ0) is 16.2. The number of aliphatic hydroxyl groups excluding tert-OH is 1. The number of aliphatic hydroxyl groups is 1. The predicted molar refractivity (Wildman–Crippen MR) is 84.1 cm³/mol. The number of rotatable bonds is 5. The van der Waals surface area contributed by atoms with Crippen LogP contribution in [0.3, 0.4) is 0 Å².